The number of amidine groups is 3. The summed E-state index contributed by atoms with van der Waals surface area (Å²) in [7, 11) is 1.79. The number of nitrogens with zero attached hydrogens (tertiary/aromatic N) is 3. The molecule has 118 valence electrons. The van der Waals surface area contributed by atoms with Crippen LogP contribution in [0.15, 0.2) is 33.2 Å². The topological polar surface area (TPSA) is 98.6 Å². The number of hydrogen-bond acceptors (Lipinski definition) is 7. The molecule has 0 aliphatic carbocycles. The van der Waals surface area contributed by atoms with Crippen LogP contribution in [0, 0.1) is 0 Å². The third-order valence-electron chi connectivity index (χ3n) is 3.01. The van der Waals surface area contributed by atoms with Gasteiger partial charge in [-0.1, -0.05) is 0 Å². The van der Waals surface area contributed by atoms with Crippen molar-refractivity contribution in [1.82, 2.24) is 0 Å². The van der Waals surface area contributed by atoms with Crippen molar-refractivity contribution >= 4 is 27.6 Å². The molecule has 0 spiro atoms. The number of nitrogens with two attached hydrogens (primary N) is 1. The van der Waals surface area contributed by atoms with Gasteiger partial charge in [-0.05, 0) is 24.6 Å². The molecule has 2 rings (SSSR count). The quantitative estimate of drug-likeness (QED) is 0.906. The molecule has 0 saturated carbocycles. The molecule has 0 fully saturated rings. The number of ether oxygens (including phenoxy) is 2. The Labute approximate surface area is 131 Å². The number of benzene rings is 1. The third kappa shape index (κ3) is 3.51. The molecule has 2 unspecified atom stereocenters. The van der Waals surface area contributed by atoms with E-state index in [-0.39, 0.29) is 11.0 Å². The van der Waals surface area contributed by atoms with Crippen LogP contribution in [0.5, 0.6) is 11.5 Å². The highest BCUT2D eigenvalue weighted by Crippen LogP contribution is 2.29. The summed E-state index contributed by atoms with van der Waals surface area (Å²) in [6.45, 7) is 1.68. The maximum Gasteiger partial charge on any atom is 0.216 e. The van der Waals surface area contributed by atoms with E-state index in [1.807, 2.05) is 0 Å². The molecule has 1 aliphatic rings. The van der Waals surface area contributed by atoms with Gasteiger partial charge in [0.05, 0.1) is 25.0 Å². The molecule has 0 saturated heterocycles. The van der Waals surface area contributed by atoms with Crippen LogP contribution < -0.4 is 15.2 Å². The van der Waals surface area contributed by atoms with Gasteiger partial charge in [0.1, 0.15) is 29.2 Å². The van der Waals surface area contributed by atoms with Crippen LogP contribution in [-0.2, 0) is 10.8 Å². The smallest absolute Gasteiger partial charge is 0.216 e. The van der Waals surface area contributed by atoms with Crippen molar-refractivity contribution in [2.24, 2.45) is 20.7 Å². The first-order valence-corrected chi connectivity index (χ1v) is 8.04. The molecule has 0 bridgehead atoms. The van der Waals surface area contributed by atoms with Crippen molar-refractivity contribution in [3.05, 3.63) is 23.8 Å². The van der Waals surface area contributed by atoms with Gasteiger partial charge in [-0.2, -0.15) is 0 Å². The maximum absolute atomic E-state index is 11.8. The Bertz CT molecular complexity index is 675. The van der Waals surface area contributed by atoms with E-state index in [4.69, 9.17) is 15.2 Å². The summed E-state index contributed by atoms with van der Waals surface area (Å²) in [5.74, 6) is 1.91. The molecular formula is C14H18N4O3S. The highest BCUT2D eigenvalue weighted by molar-refractivity contribution is 7.99. The van der Waals surface area contributed by atoms with Gasteiger partial charge in [0.2, 0.25) is 5.17 Å². The predicted molar refractivity (Wildman–Crippen MR) is 88.5 cm³/mol. The van der Waals surface area contributed by atoms with Crippen LogP contribution in [0.2, 0.25) is 0 Å². The second-order valence-corrected chi connectivity index (χ2v) is 5.88. The second kappa shape index (κ2) is 6.69. The van der Waals surface area contributed by atoms with Gasteiger partial charge in [0.25, 0.3) is 0 Å². The summed E-state index contributed by atoms with van der Waals surface area (Å²) in [5.41, 5.74) is 6.76. The number of hydrogen-bond donors (Lipinski definition) is 1. The molecular weight excluding hydrogens is 304 g/mol. The van der Waals surface area contributed by atoms with Crippen molar-refractivity contribution < 1.29 is 13.7 Å². The molecule has 2 N–H and O–H groups in total. The predicted octanol–water partition coefficient (Wildman–Crippen LogP) is 1.27. The summed E-state index contributed by atoms with van der Waals surface area (Å²) in [6, 6.07) is 4.73. The van der Waals surface area contributed by atoms with E-state index in [9.17, 15) is 4.21 Å². The molecule has 0 amide bonds. The van der Waals surface area contributed by atoms with E-state index < -0.39 is 16.8 Å². The minimum absolute atomic E-state index is 0.202. The van der Waals surface area contributed by atoms with Crippen molar-refractivity contribution in [3.8, 4) is 11.5 Å². The summed E-state index contributed by atoms with van der Waals surface area (Å²) >= 11 is 0. The Morgan fingerprint density at radius 2 is 1.73 bits per heavy atom. The van der Waals surface area contributed by atoms with Crippen LogP contribution in [0.3, 0.4) is 0 Å². The maximum atomic E-state index is 11.8. The minimum Gasteiger partial charge on any atom is -0.497 e. The Kier molecular flexibility index (Phi) is 4.92. The highest BCUT2D eigenvalue weighted by atomic mass is 32.2. The van der Waals surface area contributed by atoms with E-state index in [1.54, 1.807) is 39.3 Å². The van der Waals surface area contributed by atoms with Gasteiger partial charge in [-0.3, -0.25) is 4.21 Å². The van der Waals surface area contributed by atoms with E-state index in [2.05, 4.69) is 15.0 Å². The fourth-order valence-corrected chi connectivity index (χ4v) is 2.50. The Morgan fingerprint density at radius 3 is 2.23 bits per heavy atom. The van der Waals surface area contributed by atoms with E-state index in [0.29, 0.717) is 17.3 Å². The van der Waals surface area contributed by atoms with Crippen molar-refractivity contribution in [2.75, 3.05) is 20.5 Å². The fourth-order valence-electron chi connectivity index (χ4n) is 1.99. The first-order chi connectivity index (χ1) is 10.4. The molecule has 1 aromatic rings. The van der Waals surface area contributed by atoms with Crippen molar-refractivity contribution in [2.45, 2.75) is 13.0 Å². The van der Waals surface area contributed by atoms with Crippen LogP contribution in [-0.4, -0.2) is 41.5 Å². The van der Waals surface area contributed by atoms with Crippen LogP contribution in [0.4, 0.5) is 0 Å². The van der Waals surface area contributed by atoms with E-state index in [1.165, 1.54) is 6.26 Å². The lowest BCUT2D eigenvalue weighted by atomic mass is 10.1. The summed E-state index contributed by atoms with van der Waals surface area (Å²) in [6.07, 6.45) is 1.51. The lowest BCUT2D eigenvalue weighted by Crippen LogP contribution is -2.21. The summed E-state index contributed by atoms with van der Waals surface area (Å²) in [4.78, 5) is 12.7. The molecule has 1 heterocycles. The lowest BCUT2D eigenvalue weighted by Gasteiger charge is -2.14. The van der Waals surface area contributed by atoms with E-state index in [0.717, 1.165) is 5.56 Å². The molecule has 2 atom stereocenters. The second-order valence-electron chi connectivity index (χ2n) is 4.61. The first-order valence-electron chi connectivity index (χ1n) is 6.48. The monoisotopic (exact) mass is 322 g/mol. The zero-order valence-corrected chi connectivity index (χ0v) is 13.7. The molecule has 0 radical (unpaired) electrons. The van der Waals surface area contributed by atoms with Gasteiger partial charge >= 0.3 is 0 Å². The molecule has 1 aromatic carbocycles. The molecule has 7 nitrogen and oxygen atoms in total. The largest absolute Gasteiger partial charge is 0.497 e. The van der Waals surface area contributed by atoms with E-state index >= 15 is 0 Å². The summed E-state index contributed by atoms with van der Waals surface area (Å²) in [5, 5.41) is 0.202. The molecule has 1 aliphatic heterocycles. The van der Waals surface area contributed by atoms with Crippen molar-refractivity contribution in [3.63, 3.8) is 0 Å². The molecule has 22 heavy (non-hydrogen) atoms. The Morgan fingerprint density at radius 1 is 1.14 bits per heavy atom. The van der Waals surface area contributed by atoms with Crippen LogP contribution >= 0.6 is 0 Å². The fraction of sp³-hybridized carbons (Fsp3) is 0.357. The lowest BCUT2D eigenvalue weighted by molar-refractivity contribution is 0.393. The third-order valence-corrected chi connectivity index (χ3v) is 3.73. The zero-order valence-electron chi connectivity index (χ0n) is 12.9. The standard InChI is InChI=1S/C14H18N4O3S/c1-8-16-13(15)12(18-14(17-8)22(4)19)9-5-10(20-2)7-11(6-9)21-3/h5-7,12H,1-4H3,(H2,15,16,17,18). The SMILES string of the molecule is COc1cc(OC)cc(C2N=C(S(C)=O)N=C(C)N=C2N)c1. The zero-order chi connectivity index (χ0) is 16.3. The van der Waals surface area contributed by atoms with Gasteiger partial charge in [-0.25, -0.2) is 15.0 Å². The number of methoxy groups -OCH3 is 2. The first kappa shape index (κ1) is 16.2. The Balaban J connectivity index is 2.56. The van der Waals surface area contributed by atoms with Gasteiger partial charge in [0, 0.05) is 12.3 Å². The van der Waals surface area contributed by atoms with Gasteiger partial charge in [0.15, 0.2) is 0 Å². The van der Waals surface area contributed by atoms with Gasteiger partial charge < -0.3 is 15.2 Å². The average Bonchev–Trinajstić information content (AvgIpc) is 2.64. The minimum atomic E-state index is -1.34. The highest BCUT2D eigenvalue weighted by Gasteiger charge is 2.22. The Hall–Kier alpha value is -2.22. The number of aliphatic imine (C=N–C) groups is 3. The molecule has 0 aromatic heterocycles. The molecule has 8 heteroatoms. The number of rotatable bonds is 3. The normalized spacial score (nSPS) is 19.5. The average molecular weight is 322 g/mol. The van der Waals surface area contributed by atoms with Crippen molar-refractivity contribution in [1.29, 1.82) is 0 Å². The summed E-state index contributed by atoms with van der Waals surface area (Å²) < 4.78 is 22.3. The van der Waals surface area contributed by atoms with Crippen LogP contribution in [0.25, 0.3) is 0 Å². The van der Waals surface area contributed by atoms with Crippen LogP contribution in [0.1, 0.15) is 18.5 Å². The van der Waals surface area contributed by atoms with Gasteiger partial charge in [-0.15, -0.1) is 0 Å².